The number of H-pyrrole nitrogens is 1. The lowest BCUT2D eigenvalue weighted by atomic mass is 9.72. The van der Waals surface area contributed by atoms with Crippen LogP contribution in [0.3, 0.4) is 0 Å². The van der Waals surface area contributed by atoms with Crippen molar-refractivity contribution in [1.82, 2.24) is 10.2 Å². The molecule has 1 heterocycles. The molecule has 1 unspecified atom stereocenters. The number of nitrogens with zero attached hydrogens (tertiary/aromatic N) is 1. The average molecular weight is 438 g/mol. The van der Waals surface area contributed by atoms with E-state index in [-0.39, 0.29) is 23.0 Å². The van der Waals surface area contributed by atoms with E-state index < -0.39 is 5.41 Å². The summed E-state index contributed by atoms with van der Waals surface area (Å²) in [5.74, 6) is 0.167. The number of aromatic amines is 1. The van der Waals surface area contributed by atoms with Crippen molar-refractivity contribution in [2.45, 2.75) is 59.3 Å². The van der Waals surface area contributed by atoms with Gasteiger partial charge in [0.15, 0.2) is 5.82 Å². The first-order valence-electron chi connectivity index (χ1n) is 10.9. The van der Waals surface area contributed by atoms with Crippen molar-refractivity contribution in [3.63, 3.8) is 0 Å². The maximum atomic E-state index is 14.0. The number of halogens is 2. The van der Waals surface area contributed by atoms with Gasteiger partial charge in [-0.05, 0) is 65.8 Å². The molecule has 32 heavy (non-hydrogen) atoms. The molecular weight excluding hydrogens is 404 g/mol. The Labute approximate surface area is 190 Å². The van der Waals surface area contributed by atoms with Crippen molar-refractivity contribution in [1.29, 1.82) is 0 Å². The Morgan fingerprint density at radius 3 is 2.00 bits per heavy atom. The summed E-state index contributed by atoms with van der Waals surface area (Å²) < 4.78 is 28.0. The molecule has 1 aromatic heterocycles. The van der Waals surface area contributed by atoms with Crippen LogP contribution in [0.25, 0.3) is 0 Å². The molecule has 2 N–H and O–H groups in total. The first kappa shape index (κ1) is 23.7. The molecule has 0 aliphatic heterocycles. The van der Waals surface area contributed by atoms with Gasteiger partial charge >= 0.3 is 0 Å². The van der Waals surface area contributed by atoms with Crippen LogP contribution in [0.4, 0.5) is 14.6 Å². The molecule has 170 valence electrons. The molecule has 3 aromatic rings. The van der Waals surface area contributed by atoms with E-state index >= 15 is 0 Å². The summed E-state index contributed by atoms with van der Waals surface area (Å²) in [5.41, 5.74) is 4.43. The van der Waals surface area contributed by atoms with Gasteiger partial charge < -0.3 is 5.32 Å². The quantitative estimate of drug-likeness (QED) is 0.411. The third-order valence-corrected chi connectivity index (χ3v) is 6.70. The van der Waals surface area contributed by atoms with Crippen molar-refractivity contribution in [2.24, 2.45) is 5.92 Å². The first-order chi connectivity index (χ1) is 14.8. The molecule has 0 fully saturated rings. The predicted octanol–water partition coefficient (Wildman–Crippen LogP) is 7.17. The van der Waals surface area contributed by atoms with Crippen molar-refractivity contribution in [3.8, 4) is 0 Å². The zero-order valence-electron chi connectivity index (χ0n) is 20.0. The van der Waals surface area contributed by atoms with E-state index in [4.69, 9.17) is 0 Å². The zero-order valence-corrected chi connectivity index (χ0v) is 20.0. The Hall–Kier alpha value is -2.95. The topological polar surface area (TPSA) is 40.7 Å². The van der Waals surface area contributed by atoms with Gasteiger partial charge in [0, 0.05) is 28.8 Å². The minimum atomic E-state index is -0.453. The fraction of sp³-hybridized carbons (Fsp3) is 0.370. The van der Waals surface area contributed by atoms with E-state index in [2.05, 4.69) is 42.9 Å². The second-order valence-corrected chi connectivity index (χ2v) is 9.92. The van der Waals surface area contributed by atoms with E-state index in [0.29, 0.717) is 5.82 Å². The minimum absolute atomic E-state index is 0.00253. The highest BCUT2D eigenvalue weighted by Gasteiger charge is 2.31. The Balaban J connectivity index is 1.80. The lowest BCUT2D eigenvalue weighted by Gasteiger charge is -2.34. The number of aromatic nitrogens is 2. The highest BCUT2D eigenvalue weighted by molar-refractivity contribution is 5.47. The van der Waals surface area contributed by atoms with Crippen LogP contribution in [0.2, 0.25) is 0 Å². The number of rotatable bonds is 7. The first-order valence-corrected chi connectivity index (χ1v) is 10.9. The van der Waals surface area contributed by atoms with Gasteiger partial charge in [-0.2, -0.15) is 5.10 Å². The number of anilines is 1. The lowest BCUT2D eigenvalue weighted by molar-refractivity contribution is 0.391. The Morgan fingerprint density at radius 1 is 0.906 bits per heavy atom. The van der Waals surface area contributed by atoms with E-state index in [1.54, 1.807) is 12.1 Å². The number of benzene rings is 2. The number of hydrogen-bond donors (Lipinski definition) is 2. The molecule has 0 amide bonds. The van der Waals surface area contributed by atoms with Gasteiger partial charge in [-0.25, -0.2) is 8.78 Å². The second kappa shape index (κ2) is 8.53. The standard InChI is InChI=1S/C27H33F2N3/c1-16-9-20(13-22(28)11-16)26(5,6)18(3)19(4)30-25-15-24(31-32-25)27(7,8)21-10-17(2)12-23(29)14-21/h9-15,18H,4H2,1-3,5-8H3,(H2,30,31,32). The molecule has 0 radical (unpaired) electrons. The summed E-state index contributed by atoms with van der Waals surface area (Å²) in [4.78, 5) is 0. The molecular formula is C27H33F2N3. The molecule has 3 nitrogen and oxygen atoms in total. The fourth-order valence-electron chi connectivity index (χ4n) is 4.03. The largest absolute Gasteiger partial charge is 0.343 e. The van der Waals surface area contributed by atoms with Crippen LogP contribution < -0.4 is 5.32 Å². The summed E-state index contributed by atoms with van der Waals surface area (Å²) >= 11 is 0. The smallest absolute Gasteiger partial charge is 0.152 e. The van der Waals surface area contributed by atoms with Crippen LogP contribution in [-0.4, -0.2) is 10.2 Å². The van der Waals surface area contributed by atoms with Crippen LogP contribution in [0.1, 0.15) is 62.6 Å². The van der Waals surface area contributed by atoms with Crippen LogP contribution in [-0.2, 0) is 10.8 Å². The third kappa shape index (κ3) is 4.77. The molecule has 1 atom stereocenters. The molecule has 0 spiro atoms. The van der Waals surface area contributed by atoms with Crippen LogP contribution in [0.15, 0.2) is 54.7 Å². The molecule has 0 saturated heterocycles. The number of allylic oxidation sites excluding steroid dienone is 1. The molecule has 0 bridgehead atoms. The molecule has 0 aliphatic carbocycles. The lowest BCUT2D eigenvalue weighted by Crippen LogP contribution is -2.30. The normalized spacial score (nSPS) is 13.2. The van der Waals surface area contributed by atoms with Crippen LogP contribution >= 0.6 is 0 Å². The van der Waals surface area contributed by atoms with E-state index in [1.165, 1.54) is 12.1 Å². The zero-order chi connectivity index (χ0) is 23.8. The van der Waals surface area contributed by atoms with Crippen molar-refractivity contribution < 1.29 is 8.78 Å². The van der Waals surface area contributed by atoms with Crippen molar-refractivity contribution >= 4 is 5.82 Å². The molecule has 5 heteroatoms. The monoisotopic (exact) mass is 437 g/mol. The van der Waals surface area contributed by atoms with E-state index in [1.807, 2.05) is 45.9 Å². The molecule has 3 rings (SSSR count). The second-order valence-electron chi connectivity index (χ2n) is 9.92. The SMILES string of the molecule is C=C(Nc1cc(C(C)(C)c2cc(C)cc(F)c2)[nH]n1)C(C)C(C)(C)c1cc(C)cc(F)c1. The molecule has 0 aliphatic rings. The summed E-state index contributed by atoms with van der Waals surface area (Å²) in [7, 11) is 0. The Morgan fingerprint density at radius 2 is 1.44 bits per heavy atom. The van der Waals surface area contributed by atoms with E-state index in [9.17, 15) is 8.78 Å². The highest BCUT2D eigenvalue weighted by Crippen LogP contribution is 2.37. The maximum absolute atomic E-state index is 14.0. The van der Waals surface area contributed by atoms with Gasteiger partial charge in [-0.15, -0.1) is 0 Å². The fourth-order valence-corrected chi connectivity index (χ4v) is 4.03. The minimum Gasteiger partial charge on any atom is -0.343 e. The van der Waals surface area contributed by atoms with Crippen LogP contribution in [0.5, 0.6) is 0 Å². The van der Waals surface area contributed by atoms with Gasteiger partial charge in [0.25, 0.3) is 0 Å². The Kier molecular flexibility index (Phi) is 6.32. The summed E-state index contributed by atoms with van der Waals surface area (Å²) in [6, 6.07) is 12.1. The van der Waals surface area contributed by atoms with E-state index in [0.717, 1.165) is 33.6 Å². The molecule has 0 saturated carbocycles. The summed E-state index contributed by atoms with van der Waals surface area (Å²) in [6.07, 6.45) is 0. The molecule has 2 aromatic carbocycles. The summed E-state index contributed by atoms with van der Waals surface area (Å²) in [5, 5.41) is 10.8. The number of nitrogens with one attached hydrogen (secondary N) is 2. The maximum Gasteiger partial charge on any atom is 0.152 e. The highest BCUT2D eigenvalue weighted by atomic mass is 19.1. The predicted molar refractivity (Wildman–Crippen MR) is 128 cm³/mol. The third-order valence-electron chi connectivity index (χ3n) is 6.70. The Bertz CT molecular complexity index is 1100. The van der Waals surface area contributed by atoms with Crippen molar-refractivity contribution in [2.75, 3.05) is 5.32 Å². The van der Waals surface area contributed by atoms with Crippen LogP contribution in [0, 0.1) is 31.4 Å². The van der Waals surface area contributed by atoms with Gasteiger partial charge in [-0.3, -0.25) is 5.10 Å². The average Bonchev–Trinajstić information content (AvgIpc) is 3.15. The summed E-state index contributed by atoms with van der Waals surface area (Å²) in [6.45, 7) is 18.3. The van der Waals surface area contributed by atoms with Gasteiger partial charge in [0.1, 0.15) is 11.6 Å². The number of hydrogen-bond acceptors (Lipinski definition) is 2. The number of aryl methyl sites for hydroxylation is 2. The van der Waals surface area contributed by atoms with Gasteiger partial charge in [0.2, 0.25) is 0 Å². The van der Waals surface area contributed by atoms with Crippen molar-refractivity contribution in [3.05, 3.63) is 94.3 Å². The van der Waals surface area contributed by atoms with Gasteiger partial charge in [-0.1, -0.05) is 53.3 Å². The van der Waals surface area contributed by atoms with Gasteiger partial charge in [0.05, 0.1) is 0 Å².